The molecule has 0 amide bonds. The molecule has 3 heteroatoms. The zero-order valence-corrected chi connectivity index (χ0v) is 13.1. The summed E-state index contributed by atoms with van der Waals surface area (Å²) in [6.45, 7) is 6.77. The van der Waals surface area contributed by atoms with Crippen molar-refractivity contribution in [3.8, 4) is 0 Å². The van der Waals surface area contributed by atoms with Crippen molar-refractivity contribution in [2.75, 3.05) is 13.1 Å². The van der Waals surface area contributed by atoms with Crippen LogP contribution in [0.1, 0.15) is 50.8 Å². The molecule has 1 N–H and O–H groups in total. The average molecular weight is 281 g/mol. The van der Waals surface area contributed by atoms with Crippen molar-refractivity contribution >= 4 is 11.3 Å². The summed E-state index contributed by atoms with van der Waals surface area (Å²) >= 11 is 1.79. The first-order chi connectivity index (χ1) is 9.16. The summed E-state index contributed by atoms with van der Waals surface area (Å²) in [5.74, 6) is 0. The fraction of sp³-hybridized carbons (Fsp3) is 0.750. The number of thiophene rings is 1. The number of aliphatic hydroxyl groups is 1. The highest BCUT2D eigenvalue weighted by Crippen LogP contribution is 2.29. The van der Waals surface area contributed by atoms with Gasteiger partial charge in [0.2, 0.25) is 0 Å². The Morgan fingerprint density at radius 3 is 2.68 bits per heavy atom. The highest BCUT2D eigenvalue weighted by Gasteiger charge is 2.37. The molecular formula is C16H27NOS. The Bertz CT molecular complexity index is 359. The molecule has 0 aromatic carbocycles. The van der Waals surface area contributed by atoms with Crippen LogP contribution in [0.5, 0.6) is 0 Å². The number of nitrogens with zero attached hydrogens (tertiary/aromatic N) is 1. The maximum atomic E-state index is 10.7. The molecule has 2 heterocycles. The van der Waals surface area contributed by atoms with Crippen LogP contribution >= 0.6 is 11.3 Å². The van der Waals surface area contributed by atoms with Gasteiger partial charge in [-0.05, 0) is 63.6 Å². The topological polar surface area (TPSA) is 23.5 Å². The third-order valence-corrected chi connectivity index (χ3v) is 5.69. The van der Waals surface area contributed by atoms with Crippen LogP contribution in [0.15, 0.2) is 17.5 Å². The first kappa shape index (κ1) is 15.0. The lowest BCUT2D eigenvalue weighted by atomic mass is 9.85. The molecule has 0 radical (unpaired) electrons. The van der Waals surface area contributed by atoms with Crippen LogP contribution in [0.4, 0.5) is 0 Å². The fourth-order valence-corrected chi connectivity index (χ4v) is 3.84. The molecular weight excluding hydrogens is 254 g/mol. The molecule has 2 nitrogen and oxygen atoms in total. The second-order valence-electron chi connectivity index (χ2n) is 5.89. The molecule has 2 rings (SSSR count). The first-order valence-corrected chi connectivity index (χ1v) is 8.50. The summed E-state index contributed by atoms with van der Waals surface area (Å²) in [5, 5.41) is 12.8. The van der Waals surface area contributed by atoms with Crippen LogP contribution < -0.4 is 0 Å². The van der Waals surface area contributed by atoms with Gasteiger partial charge in [0.15, 0.2) is 0 Å². The molecule has 0 spiro atoms. The molecule has 1 aliphatic rings. The molecule has 2 unspecified atom stereocenters. The molecule has 1 fully saturated rings. The highest BCUT2D eigenvalue weighted by atomic mass is 32.1. The van der Waals surface area contributed by atoms with Crippen LogP contribution in [0.2, 0.25) is 0 Å². The van der Waals surface area contributed by atoms with Gasteiger partial charge in [0.25, 0.3) is 0 Å². The predicted octanol–water partition coefficient (Wildman–Crippen LogP) is 3.70. The molecule has 0 bridgehead atoms. The van der Waals surface area contributed by atoms with Crippen molar-refractivity contribution < 1.29 is 5.11 Å². The molecule has 1 aromatic rings. The van der Waals surface area contributed by atoms with Gasteiger partial charge in [-0.2, -0.15) is 0 Å². The van der Waals surface area contributed by atoms with Crippen molar-refractivity contribution in [2.45, 2.75) is 64.0 Å². The normalized spacial score (nSPS) is 22.1. The maximum Gasteiger partial charge on any atom is 0.0724 e. The number of piperidine rings is 1. The smallest absolute Gasteiger partial charge is 0.0724 e. The number of rotatable bonds is 6. The van der Waals surface area contributed by atoms with Crippen LogP contribution in [0.3, 0.4) is 0 Å². The van der Waals surface area contributed by atoms with Crippen molar-refractivity contribution in [2.24, 2.45) is 0 Å². The van der Waals surface area contributed by atoms with Crippen molar-refractivity contribution in [1.29, 1.82) is 0 Å². The lowest BCUT2D eigenvalue weighted by molar-refractivity contribution is -0.0367. The van der Waals surface area contributed by atoms with Gasteiger partial charge in [0.05, 0.1) is 6.10 Å². The Balaban J connectivity index is 1.94. The van der Waals surface area contributed by atoms with E-state index in [9.17, 15) is 5.11 Å². The second kappa shape index (κ2) is 6.87. The van der Waals surface area contributed by atoms with Crippen LogP contribution in [0.25, 0.3) is 0 Å². The number of hydrogen-bond donors (Lipinski definition) is 1. The van der Waals surface area contributed by atoms with Crippen molar-refractivity contribution in [3.05, 3.63) is 22.4 Å². The van der Waals surface area contributed by atoms with Crippen LogP contribution in [-0.4, -0.2) is 34.7 Å². The second-order valence-corrected chi connectivity index (χ2v) is 6.92. The zero-order valence-electron chi connectivity index (χ0n) is 12.3. The number of aryl methyl sites for hydroxylation is 1. The molecule has 1 aromatic heterocycles. The Hall–Kier alpha value is -0.380. The van der Waals surface area contributed by atoms with E-state index in [4.69, 9.17) is 0 Å². The Morgan fingerprint density at radius 1 is 1.37 bits per heavy atom. The highest BCUT2D eigenvalue weighted by molar-refractivity contribution is 7.09. The van der Waals surface area contributed by atoms with Gasteiger partial charge in [0, 0.05) is 10.4 Å². The van der Waals surface area contributed by atoms with Crippen molar-refractivity contribution in [3.63, 3.8) is 0 Å². The number of aliphatic hydroxyl groups excluding tert-OH is 1. The summed E-state index contributed by atoms with van der Waals surface area (Å²) in [4.78, 5) is 3.91. The van der Waals surface area contributed by atoms with E-state index < -0.39 is 0 Å². The largest absolute Gasteiger partial charge is 0.391 e. The van der Waals surface area contributed by atoms with E-state index in [1.165, 1.54) is 24.1 Å². The van der Waals surface area contributed by atoms with Gasteiger partial charge in [0.1, 0.15) is 0 Å². The van der Waals surface area contributed by atoms with E-state index in [-0.39, 0.29) is 11.6 Å². The molecule has 19 heavy (non-hydrogen) atoms. The molecule has 1 aliphatic heterocycles. The summed E-state index contributed by atoms with van der Waals surface area (Å²) in [6.07, 6.45) is 6.60. The van der Waals surface area contributed by atoms with E-state index >= 15 is 0 Å². The summed E-state index contributed by atoms with van der Waals surface area (Å²) < 4.78 is 0. The molecule has 108 valence electrons. The fourth-order valence-electron chi connectivity index (χ4n) is 3.12. The van der Waals surface area contributed by atoms with E-state index in [0.717, 1.165) is 32.4 Å². The zero-order chi connectivity index (χ0) is 13.7. The minimum absolute atomic E-state index is 0.0440. The summed E-state index contributed by atoms with van der Waals surface area (Å²) in [7, 11) is 0. The maximum absolute atomic E-state index is 10.7. The standard InChI is InChI=1S/C16H27NOS/c1-3-16(2,17-11-5-4-6-12-17)15(18)10-9-14-8-7-13-19-14/h7-8,13,15,18H,3-6,9-12H2,1-2H3. The predicted molar refractivity (Wildman–Crippen MR) is 82.8 cm³/mol. The van der Waals surface area contributed by atoms with Gasteiger partial charge < -0.3 is 5.11 Å². The Kier molecular flexibility index (Phi) is 5.43. The Morgan fingerprint density at radius 2 is 2.11 bits per heavy atom. The third-order valence-electron chi connectivity index (χ3n) is 4.76. The van der Waals surface area contributed by atoms with Crippen LogP contribution in [-0.2, 0) is 6.42 Å². The van der Waals surface area contributed by atoms with E-state index in [1.54, 1.807) is 11.3 Å². The minimum atomic E-state index is -0.224. The quantitative estimate of drug-likeness (QED) is 0.859. The summed E-state index contributed by atoms with van der Waals surface area (Å²) in [5.41, 5.74) is -0.0440. The van der Waals surface area contributed by atoms with Gasteiger partial charge in [-0.25, -0.2) is 0 Å². The monoisotopic (exact) mass is 281 g/mol. The number of likely N-dealkylation sites (tertiary alicyclic amines) is 1. The summed E-state index contributed by atoms with van der Waals surface area (Å²) in [6, 6.07) is 4.26. The molecule has 0 saturated carbocycles. The first-order valence-electron chi connectivity index (χ1n) is 7.62. The number of hydrogen-bond acceptors (Lipinski definition) is 3. The SMILES string of the molecule is CCC(C)(C(O)CCc1cccs1)N1CCCCC1. The van der Waals surface area contributed by atoms with Crippen LogP contribution in [0, 0.1) is 0 Å². The van der Waals surface area contributed by atoms with Gasteiger partial charge in [-0.1, -0.05) is 19.4 Å². The van der Waals surface area contributed by atoms with E-state index in [2.05, 4.69) is 36.3 Å². The van der Waals surface area contributed by atoms with Gasteiger partial charge in [-0.3, -0.25) is 4.90 Å². The lowest BCUT2D eigenvalue weighted by Gasteiger charge is -2.46. The van der Waals surface area contributed by atoms with Gasteiger partial charge in [-0.15, -0.1) is 11.3 Å². The average Bonchev–Trinajstić information content (AvgIpc) is 2.98. The van der Waals surface area contributed by atoms with E-state index in [1.807, 2.05) is 0 Å². The molecule has 0 aliphatic carbocycles. The molecule has 2 atom stereocenters. The minimum Gasteiger partial charge on any atom is -0.391 e. The third kappa shape index (κ3) is 3.59. The Labute approximate surface area is 121 Å². The lowest BCUT2D eigenvalue weighted by Crippen LogP contribution is -2.56. The van der Waals surface area contributed by atoms with Crippen molar-refractivity contribution in [1.82, 2.24) is 4.90 Å². The van der Waals surface area contributed by atoms with Gasteiger partial charge >= 0.3 is 0 Å². The van der Waals surface area contributed by atoms with E-state index in [0.29, 0.717) is 0 Å². The molecule has 1 saturated heterocycles.